The summed E-state index contributed by atoms with van der Waals surface area (Å²) >= 11 is 0. The topological polar surface area (TPSA) is 134 Å². The van der Waals surface area contributed by atoms with Crippen LogP contribution in [0.5, 0.6) is 11.5 Å². The quantitative estimate of drug-likeness (QED) is 0.0693. The normalized spacial score (nSPS) is 12.7. The van der Waals surface area contributed by atoms with E-state index in [4.69, 9.17) is 4.74 Å². The molecule has 1 aliphatic carbocycles. The van der Waals surface area contributed by atoms with E-state index in [1.807, 2.05) is 13.0 Å². The largest absolute Gasteiger partial charge is 0.455 e. The monoisotopic (exact) mass is 809 g/mol. The van der Waals surface area contributed by atoms with Crippen molar-refractivity contribution in [3.8, 4) is 22.6 Å². The maximum Gasteiger partial charge on any atom is 0.260 e. The highest BCUT2D eigenvalue weighted by atomic mass is 32.2. The predicted molar refractivity (Wildman–Crippen MR) is 236 cm³/mol. The molecular weight excluding hydrogens is 759 g/mol. The molecule has 3 N–H and O–H groups in total. The SMILES string of the molecule is CCCCNS(=O)(=O)c1ccccc1Nc1cc(Oc2ccc(C(C)(C)CC)cc2C(C)(C)CC)c2[nH]c(=O)c(C(=O)c3ccccc3)c3c2c1C(=O)c1ccccc1-3. The summed E-state index contributed by atoms with van der Waals surface area (Å²) in [6, 6.07) is 29.8. The van der Waals surface area contributed by atoms with Crippen LogP contribution in [0.15, 0.2) is 113 Å². The van der Waals surface area contributed by atoms with Crippen LogP contribution < -0.4 is 20.3 Å². The zero-order valence-corrected chi connectivity index (χ0v) is 35.5. The molecule has 0 radical (unpaired) electrons. The molecule has 6 aromatic rings. The average molecular weight is 810 g/mol. The number of rotatable bonds is 15. The number of unbranched alkanes of at least 4 members (excludes halogenated alkanes) is 1. The molecule has 0 unspecified atom stereocenters. The number of ketones is 2. The molecule has 304 valence electrons. The smallest absolute Gasteiger partial charge is 0.260 e. The van der Waals surface area contributed by atoms with Crippen molar-refractivity contribution >= 4 is 43.9 Å². The van der Waals surface area contributed by atoms with Gasteiger partial charge in [-0.15, -0.1) is 0 Å². The lowest BCUT2D eigenvalue weighted by atomic mass is 9.76. The van der Waals surface area contributed by atoms with Crippen molar-refractivity contribution in [2.45, 2.75) is 89.9 Å². The van der Waals surface area contributed by atoms with Crippen molar-refractivity contribution in [3.05, 3.63) is 147 Å². The summed E-state index contributed by atoms with van der Waals surface area (Å²) in [4.78, 5) is 46.7. The third kappa shape index (κ3) is 7.63. The first-order valence-electron chi connectivity index (χ1n) is 20.3. The van der Waals surface area contributed by atoms with Gasteiger partial charge in [0.05, 0.1) is 28.0 Å². The van der Waals surface area contributed by atoms with Gasteiger partial charge >= 0.3 is 0 Å². The van der Waals surface area contributed by atoms with Crippen LogP contribution in [0.2, 0.25) is 0 Å². The first-order valence-corrected chi connectivity index (χ1v) is 21.8. The van der Waals surface area contributed by atoms with Gasteiger partial charge in [0.2, 0.25) is 10.0 Å². The van der Waals surface area contributed by atoms with Crippen molar-refractivity contribution in [2.75, 3.05) is 11.9 Å². The van der Waals surface area contributed by atoms with E-state index >= 15 is 0 Å². The molecule has 0 amide bonds. The van der Waals surface area contributed by atoms with Gasteiger partial charge in [0.1, 0.15) is 10.6 Å². The van der Waals surface area contributed by atoms with Gasteiger partial charge < -0.3 is 15.0 Å². The summed E-state index contributed by atoms with van der Waals surface area (Å²) in [6.45, 7) is 15.3. The molecule has 0 saturated heterocycles. The Morgan fingerprint density at radius 1 is 0.729 bits per heavy atom. The van der Waals surface area contributed by atoms with Crippen molar-refractivity contribution in [1.29, 1.82) is 0 Å². The number of pyridine rings is 1. The first kappa shape index (κ1) is 41.3. The Labute approximate surface area is 346 Å². The lowest BCUT2D eigenvalue weighted by Gasteiger charge is -2.31. The molecule has 7 rings (SSSR count). The number of aromatic nitrogens is 1. The van der Waals surface area contributed by atoms with E-state index in [0.29, 0.717) is 39.8 Å². The summed E-state index contributed by atoms with van der Waals surface area (Å²) < 4.78 is 37.1. The van der Waals surface area contributed by atoms with E-state index in [2.05, 4.69) is 68.7 Å². The van der Waals surface area contributed by atoms with E-state index in [0.717, 1.165) is 30.4 Å². The number of benzene rings is 5. The summed E-state index contributed by atoms with van der Waals surface area (Å²) in [5, 5.41) is 3.63. The molecule has 0 atom stereocenters. The molecule has 0 fully saturated rings. The van der Waals surface area contributed by atoms with Crippen LogP contribution in [-0.4, -0.2) is 31.5 Å². The average Bonchev–Trinajstić information content (AvgIpc) is 3.23. The fourth-order valence-electron chi connectivity index (χ4n) is 7.61. The van der Waals surface area contributed by atoms with E-state index in [9.17, 15) is 22.8 Å². The lowest BCUT2D eigenvalue weighted by Crippen LogP contribution is -2.26. The van der Waals surface area contributed by atoms with Gasteiger partial charge in [0, 0.05) is 40.3 Å². The zero-order chi connectivity index (χ0) is 42.3. The molecule has 0 saturated carbocycles. The Morgan fingerprint density at radius 3 is 2.08 bits per heavy atom. The number of aromatic amines is 1. The number of carbonyl (C=O) groups excluding carboxylic acids is 2. The highest BCUT2D eigenvalue weighted by molar-refractivity contribution is 7.89. The summed E-state index contributed by atoms with van der Waals surface area (Å²) in [5.74, 6) is -0.0909. The third-order valence-electron chi connectivity index (χ3n) is 11.9. The number of ether oxygens (including phenoxy) is 1. The second-order valence-electron chi connectivity index (χ2n) is 16.5. The molecule has 5 aromatic carbocycles. The van der Waals surface area contributed by atoms with Crippen molar-refractivity contribution < 1.29 is 22.7 Å². The van der Waals surface area contributed by atoms with Crippen molar-refractivity contribution in [2.24, 2.45) is 0 Å². The molecule has 59 heavy (non-hydrogen) atoms. The number of nitrogens with one attached hydrogen (secondary N) is 3. The number of sulfonamides is 1. The molecule has 0 bridgehead atoms. The molecule has 1 aromatic heterocycles. The Hall–Kier alpha value is -5.84. The number of hydrogen-bond donors (Lipinski definition) is 3. The molecule has 1 heterocycles. The standard InChI is InChI=1S/C49H51N3O6S/c1-8-11-27-50-59(56,57)39-24-18-17-23-35(39)51-36-29-38(58-37-26-25-31(48(4,5)9-2)28-34(37)49(6,7)10-3)44-42-40(32-21-15-16-22-33(32)46(54)41(36)42)43(47(55)52-44)45(53)30-19-13-12-14-20-30/h12-26,28-29,50-51H,8-11,27H2,1-7H3,(H,52,55). The van der Waals surface area contributed by atoms with Crippen LogP contribution in [0, 0.1) is 0 Å². The van der Waals surface area contributed by atoms with Crippen LogP contribution >= 0.6 is 0 Å². The second kappa shape index (κ2) is 16.1. The number of para-hydroxylation sites is 1. The second-order valence-corrected chi connectivity index (χ2v) is 18.2. The number of carbonyl (C=O) groups is 2. The fraction of sp³-hybridized carbons (Fsp3) is 0.286. The van der Waals surface area contributed by atoms with Crippen molar-refractivity contribution in [3.63, 3.8) is 0 Å². The van der Waals surface area contributed by atoms with Gasteiger partial charge in [-0.25, -0.2) is 13.1 Å². The van der Waals surface area contributed by atoms with Gasteiger partial charge in [-0.2, -0.15) is 0 Å². The third-order valence-corrected chi connectivity index (χ3v) is 13.5. The lowest BCUT2D eigenvalue weighted by molar-refractivity contribution is 0.102. The predicted octanol–water partition coefficient (Wildman–Crippen LogP) is 11.0. The van der Waals surface area contributed by atoms with E-state index < -0.39 is 21.4 Å². The van der Waals surface area contributed by atoms with Gasteiger partial charge in [-0.05, 0) is 59.4 Å². The minimum atomic E-state index is -3.98. The maximum absolute atomic E-state index is 14.9. The van der Waals surface area contributed by atoms with Gasteiger partial charge in [0.15, 0.2) is 17.3 Å². The highest BCUT2D eigenvalue weighted by Crippen LogP contribution is 2.49. The molecule has 0 spiro atoms. The zero-order valence-electron chi connectivity index (χ0n) is 34.7. The Kier molecular flexibility index (Phi) is 11.3. The Balaban J connectivity index is 1.56. The van der Waals surface area contributed by atoms with Crippen molar-refractivity contribution in [1.82, 2.24) is 9.71 Å². The van der Waals surface area contributed by atoms with Crippen LogP contribution in [0.3, 0.4) is 0 Å². The Morgan fingerprint density at radius 2 is 1.39 bits per heavy atom. The summed E-state index contributed by atoms with van der Waals surface area (Å²) in [6.07, 6.45) is 3.21. The number of hydrogen-bond acceptors (Lipinski definition) is 7. The molecule has 10 heteroatoms. The summed E-state index contributed by atoms with van der Waals surface area (Å²) in [7, 11) is -3.98. The Bertz CT molecular complexity index is 2790. The summed E-state index contributed by atoms with van der Waals surface area (Å²) in [5.41, 5.74) is 3.18. The molecule has 1 aliphatic rings. The minimum absolute atomic E-state index is 0.00253. The van der Waals surface area contributed by atoms with E-state index in [-0.39, 0.29) is 61.8 Å². The van der Waals surface area contributed by atoms with Crippen LogP contribution in [0.4, 0.5) is 11.4 Å². The van der Waals surface area contributed by atoms with Gasteiger partial charge in [-0.3, -0.25) is 14.4 Å². The van der Waals surface area contributed by atoms with Crippen LogP contribution in [0.1, 0.15) is 117 Å². The number of H-pyrrole nitrogens is 1. The highest BCUT2D eigenvalue weighted by Gasteiger charge is 2.36. The van der Waals surface area contributed by atoms with Gasteiger partial charge in [0.25, 0.3) is 5.56 Å². The van der Waals surface area contributed by atoms with Crippen LogP contribution in [-0.2, 0) is 20.9 Å². The van der Waals surface area contributed by atoms with Gasteiger partial charge in [-0.1, -0.05) is 134 Å². The van der Waals surface area contributed by atoms with E-state index in [1.54, 1.807) is 78.9 Å². The molecule has 9 nitrogen and oxygen atoms in total. The maximum atomic E-state index is 14.9. The number of anilines is 2. The number of fused-ring (bicyclic) bond motifs is 2. The molecule has 0 aliphatic heterocycles. The minimum Gasteiger partial charge on any atom is -0.455 e. The molecular formula is C49H51N3O6S. The van der Waals surface area contributed by atoms with E-state index in [1.165, 1.54) is 6.07 Å². The first-order chi connectivity index (χ1) is 28.1. The fourth-order valence-corrected chi connectivity index (χ4v) is 8.84. The van der Waals surface area contributed by atoms with Crippen LogP contribution in [0.25, 0.3) is 22.0 Å².